The van der Waals surface area contributed by atoms with Gasteiger partial charge in [0.2, 0.25) is 0 Å². The summed E-state index contributed by atoms with van der Waals surface area (Å²) in [6.45, 7) is 3.60. The van der Waals surface area contributed by atoms with E-state index in [4.69, 9.17) is 0 Å². The predicted molar refractivity (Wildman–Crippen MR) is 62.2 cm³/mol. The van der Waals surface area contributed by atoms with Crippen LogP contribution in [0, 0.1) is 6.92 Å². The molecule has 3 nitrogen and oxygen atoms in total. The summed E-state index contributed by atoms with van der Waals surface area (Å²) >= 11 is 3.40. The second-order valence-electron chi connectivity index (χ2n) is 3.72. The number of carbonyl (C=O) groups excluding carboxylic acids is 1. The number of ketones is 1. The maximum Gasteiger partial charge on any atom is 0.187 e. The lowest BCUT2D eigenvalue weighted by atomic mass is 10.0. The van der Waals surface area contributed by atoms with Crippen molar-refractivity contribution in [1.29, 1.82) is 0 Å². The van der Waals surface area contributed by atoms with Gasteiger partial charge in [-0.05, 0) is 31.5 Å². The first-order chi connectivity index (χ1) is 7.07. The second kappa shape index (κ2) is 3.61. The molecular weight excluding hydrogens is 258 g/mol. The van der Waals surface area contributed by atoms with E-state index >= 15 is 0 Å². The number of Topliss-reactive ketones (excluding diaryl/α,β-unsaturated/α-hetero) is 1. The third kappa shape index (κ3) is 1.40. The van der Waals surface area contributed by atoms with Gasteiger partial charge in [-0.3, -0.25) is 4.79 Å². The van der Waals surface area contributed by atoms with E-state index in [9.17, 15) is 9.90 Å². The standard InChI is InChI=1S/C11H12BrNO2/c1-6-8(12)3-4-9-10(6)11(15)7(2)13(9)5-14/h3-4,7,14H,5H2,1-2H3. The largest absolute Gasteiger partial charge is 0.376 e. The first-order valence-corrected chi connectivity index (χ1v) is 5.58. The number of fused-ring (bicyclic) bond motifs is 1. The molecule has 0 aliphatic carbocycles. The fourth-order valence-electron chi connectivity index (χ4n) is 1.98. The van der Waals surface area contributed by atoms with Crippen molar-refractivity contribution in [3.63, 3.8) is 0 Å². The quantitative estimate of drug-likeness (QED) is 0.849. The van der Waals surface area contributed by atoms with E-state index in [0.717, 1.165) is 21.3 Å². The molecule has 1 N–H and O–H groups in total. The van der Waals surface area contributed by atoms with Crippen LogP contribution in [0.1, 0.15) is 22.8 Å². The Kier molecular flexibility index (Phi) is 2.56. The number of hydrogen-bond acceptors (Lipinski definition) is 3. The molecule has 1 aromatic rings. The number of aliphatic hydroxyl groups is 1. The first-order valence-electron chi connectivity index (χ1n) is 4.78. The summed E-state index contributed by atoms with van der Waals surface area (Å²) in [5, 5.41) is 9.22. The lowest BCUT2D eigenvalue weighted by Crippen LogP contribution is -2.33. The molecule has 1 aromatic carbocycles. The number of nitrogens with zero attached hydrogens (tertiary/aromatic N) is 1. The lowest BCUT2D eigenvalue weighted by molar-refractivity contribution is 0.0968. The summed E-state index contributed by atoms with van der Waals surface area (Å²) < 4.78 is 0.932. The van der Waals surface area contributed by atoms with Crippen LogP contribution in [-0.4, -0.2) is 23.7 Å². The van der Waals surface area contributed by atoms with Crippen LogP contribution in [0.25, 0.3) is 0 Å². The maximum absolute atomic E-state index is 12.0. The van der Waals surface area contributed by atoms with Crippen molar-refractivity contribution in [2.24, 2.45) is 0 Å². The molecule has 1 unspecified atom stereocenters. The van der Waals surface area contributed by atoms with Gasteiger partial charge in [0.25, 0.3) is 0 Å². The van der Waals surface area contributed by atoms with Crippen LogP contribution >= 0.6 is 15.9 Å². The molecule has 1 atom stereocenters. The van der Waals surface area contributed by atoms with Gasteiger partial charge in [-0.2, -0.15) is 0 Å². The van der Waals surface area contributed by atoms with E-state index in [1.165, 1.54) is 0 Å². The van der Waals surface area contributed by atoms with Crippen LogP contribution < -0.4 is 4.90 Å². The Labute approximate surface area is 96.8 Å². The Morgan fingerprint density at radius 3 is 2.80 bits per heavy atom. The highest BCUT2D eigenvalue weighted by Crippen LogP contribution is 2.36. The van der Waals surface area contributed by atoms with Crippen molar-refractivity contribution in [3.8, 4) is 0 Å². The Balaban J connectivity index is 2.65. The van der Waals surface area contributed by atoms with Crippen molar-refractivity contribution in [2.75, 3.05) is 11.6 Å². The molecule has 1 aliphatic heterocycles. The minimum absolute atomic E-state index is 0.0813. The van der Waals surface area contributed by atoms with Gasteiger partial charge in [0.1, 0.15) is 6.73 Å². The van der Waals surface area contributed by atoms with E-state index in [1.807, 2.05) is 26.0 Å². The van der Waals surface area contributed by atoms with E-state index in [1.54, 1.807) is 4.90 Å². The van der Waals surface area contributed by atoms with Gasteiger partial charge in [0.15, 0.2) is 5.78 Å². The minimum atomic E-state index is -0.266. The van der Waals surface area contributed by atoms with Crippen molar-refractivity contribution in [3.05, 3.63) is 27.7 Å². The second-order valence-corrected chi connectivity index (χ2v) is 4.57. The van der Waals surface area contributed by atoms with Gasteiger partial charge >= 0.3 is 0 Å². The molecule has 2 rings (SSSR count). The Hall–Kier alpha value is -0.870. The number of anilines is 1. The molecule has 80 valence electrons. The van der Waals surface area contributed by atoms with Crippen LogP contribution in [0.5, 0.6) is 0 Å². The van der Waals surface area contributed by atoms with E-state index in [-0.39, 0.29) is 18.6 Å². The molecule has 0 radical (unpaired) electrons. The summed E-state index contributed by atoms with van der Waals surface area (Å²) in [6.07, 6.45) is 0. The highest BCUT2D eigenvalue weighted by atomic mass is 79.9. The van der Waals surface area contributed by atoms with Crippen LogP contribution in [0.3, 0.4) is 0 Å². The predicted octanol–water partition coefficient (Wildman–Crippen LogP) is 2.10. The average molecular weight is 270 g/mol. The summed E-state index contributed by atoms with van der Waals surface area (Å²) in [4.78, 5) is 13.7. The molecule has 0 fully saturated rings. The fourth-order valence-corrected chi connectivity index (χ4v) is 2.31. The highest BCUT2D eigenvalue weighted by molar-refractivity contribution is 9.10. The van der Waals surface area contributed by atoms with E-state index in [0.29, 0.717) is 0 Å². The number of aliphatic hydroxyl groups excluding tert-OH is 1. The van der Waals surface area contributed by atoms with Gasteiger partial charge in [-0.15, -0.1) is 0 Å². The van der Waals surface area contributed by atoms with E-state index in [2.05, 4.69) is 15.9 Å². The van der Waals surface area contributed by atoms with E-state index < -0.39 is 0 Å². The summed E-state index contributed by atoms with van der Waals surface area (Å²) in [5.41, 5.74) is 2.50. The van der Waals surface area contributed by atoms with Crippen molar-refractivity contribution >= 4 is 27.4 Å². The molecule has 0 amide bonds. The lowest BCUT2D eigenvalue weighted by Gasteiger charge is -2.20. The molecule has 0 saturated heterocycles. The average Bonchev–Trinajstić information content (AvgIpc) is 2.46. The van der Waals surface area contributed by atoms with Crippen molar-refractivity contribution in [2.45, 2.75) is 19.9 Å². The first kappa shape index (κ1) is 10.6. The molecule has 0 bridgehead atoms. The fraction of sp³-hybridized carbons (Fsp3) is 0.364. The molecule has 0 spiro atoms. The highest BCUT2D eigenvalue weighted by Gasteiger charge is 2.35. The van der Waals surface area contributed by atoms with Crippen LogP contribution in [-0.2, 0) is 0 Å². The number of hydrogen-bond donors (Lipinski definition) is 1. The zero-order valence-electron chi connectivity index (χ0n) is 8.62. The van der Waals surface area contributed by atoms with Crippen molar-refractivity contribution in [1.82, 2.24) is 0 Å². The van der Waals surface area contributed by atoms with Gasteiger partial charge in [0, 0.05) is 10.0 Å². The molecular formula is C11H12BrNO2. The topological polar surface area (TPSA) is 40.5 Å². The molecule has 1 heterocycles. The number of halogens is 1. The zero-order valence-corrected chi connectivity index (χ0v) is 10.2. The number of carbonyl (C=O) groups is 1. The molecule has 4 heteroatoms. The Morgan fingerprint density at radius 2 is 2.20 bits per heavy atom. The maximum atomic E-state index is 12.0. The SMILES string of the molecule is Cc1c(Br)ccc2c1C(=O)C(C)N2CO. The van der Waals surface area contributed by atoms with Crippen LogP contribution in [0.2, 0.25) is 0 Å². The summed E-state index contributed by atoms with van der Waals surface area (Å²) in [5.74, 6) is 0.0813. The Bertz CT molecular complexity index is 431. The summed E-state index contributed by atoms with van der Waals surface area (Å²) in [7, 11) is 0. The van der Waals surface area contributed by atoms with Gasteiger partial charge in [-0.1, -0.05) is 15.9 Å². The monoisotopic (exact) mass is 269 g/mol. The molecule has 1 aliphatic rings. The minimum Gasteiger partial charge on any atom is -0.376 e. The van der Waals surface area contributed by atoms with Crippen LogP contribution in [0.15, 0.2) is 16.6 Å². The van der Waals surface area contributed by atoms with Crippen molar-refractivity contribution < 1.29 is 9.90 Å². The smallest absolute Gasteiger partial charge is 0.187 e. The van der Waals surface area contributed by atoms with Gasteiger partial charge < -0.3 is 10.0 Å². The normalized spacial score (nSPS) is 19.6. The molecule has 15 heavy (non-hydrogen) atoms. The Morgan fingerprint density at radius 1 is 1.53 bits per heavy atom. The number of benzene rings is 1. The molecule has 0 saturated carbocycles. The zero-order chi connectivity index (χ0) is 11.2. The van der Waals surface area contributed by atoms with Gasteiger partial charge in [0.05, 0.1) is 11.7 Å². The summed E-state index contributed by atoms with van der Waals surface area (Å²) in [6, 6.07) is 3.50. The third-order valence-electron chi connectivity index (χ3n) is 2.93. The van der Waals surface area contributed by atoms with Gasteiger partial charge in [-0.25, -0.2) is 0 Å². The molecule has 0 aromatic heterocycles. The third-order valence-corrected chi connectivity index (χ3v) is 3.79. The van der Waals surface area contributed by atoms with Crippen LogP contribution in [0.4, 0.5) is 5.69 Å². The number of rotatable bonds is 1.